The van der Waals surface area contributed by atoms with Gasteiger partial charge in [0, 0.05) is 45.2 Å². The summed E-state index contributed by atoms with van der Waals surface area (Å²) in [6.45, 7) is 4.69. The van der Waals surface area contributed by atoms with Crippen molar-refractivity contribution in [3.8, 4) is 0 Å². The number of carbonyl (C=O) groups excluding carboxylic acids is 1. The third kappa shape index (κ3) is 5.02. The van der Waals surface area contributed by atoms with Crippen molar-refractivity contribution in [1.29, 1.82) is 0 Å². The van der Waals surface area contributed by atoms with Gasteiger partial charge in [0.2, 0.25) is 5.91 Å². The van der Waals surface area contributed by atoms with E-state index in [1.807, 2.05) is 6.92 Å². The van der Waals surface area contributed by atoms with Crippen LogP contribution in [0.3, 0.4) is 0 Å². The van der Waals surface area contributed by atoms with Gasteiger partial charge in [0.05, 0.1) is 6.61 Å². The highest BCUT2D eigenvalue weighted by Gasteiger charge is 2.33. The molecular weight excluding hydrogens is 218 g/mol. The molecule has 0 aliphatic heterocycles. The first-order valence-corrected chi connectivity index (χ1v) is 6.44. The minimum atomic E-state index is 0.0889. The minimum Gasteiger partial charge on any atom is -0.383 e. The normalized spacial score (nSPS) is 17.2. The lowest BCUT2D eigenvalue weighted by Crippen LogP contribution is -2.46. The zero-order valence-corrected chi connectivity index (χ0v) is 10.9. The number of nitrogens with one attached hydrogen (secondary N) is 1. The molecule has 1 unspecified atom stereocenters. The average Bonchev–Trinajstić information content (AvgIpc) is 3.12. The molecular formula is C12H25N3O2. The van der Waals surface area contributed by atoms with Gasteiger partial charge in [0.25, 0.3) is 0 Å². The summed E-state index contributed by atoms with van der Waals surface area (Å²) in [5.74, 6) is 0.0889. The highest BCUT2D eigenvalue weighted by molar-refractivity contribution is 5.76. The predicted octanol–water partition coefficient (Wildman–Crippen LogP) is -0.0493. The van der Waals surface area contributed by atoms with Crippen LogP contribution in [0.2, 0.25) is 0 Å². The molecule has 3 N–H and O–H groups in total. The Kier molecular flexibility index (Phi) is 6.47. The molecule has 5 nitrogen and oxygen atoms in total. The van der Waals surface area contributed by atoms with Crippen LogP contribution in [0.4, 0.5) is 0 Å². The standard InChI is InChI=1S/C12H25N3O2/c1-3-14-12(16)8-11(9-13)15(6-7-17-2)10-4-5-10/h10-11H,3-9,13H2,1-2H3,(H,14,16). The van der Waals surface area contributed by atoms with Crippen molar-refractivity contribution in [3.05, 3.63) is 0 Å². The number of nitrogens with two attached hydrogens (primary N) is 1. The van der Waals surface area contributed by atoms with Gasteiger partial charge in [-0.1, -0.05) is 0 Å². The third-order valence-electron chi connectivity index (χ3n) is 3.11. The van der Waals surface area contributed by atoms with Crippen molar-refractivity contribution in [2.45, 2.75) is 38.3 Å². The zero-order chi connectivity index (χ0) is 12.7. The highest BCUT2D eigenvalue weighted by Crippen LogP contribution is 2.28. The van der Waals surface area contributed by atoms with E-state index in [1.165, 1.54) is 12.8 Å². The molecule has 0 spiro atoms. The van der Waals surface area contributed by atoms with Crippen molar-refractivity contribution in [2.75, 3.05) is 33.4 Å². The van der Waals surface area contributed by atoms with E-state index in [0.717, 1.165) is 6.54 Å². The molecule has 0 radical (unpaired) electrons. The molecule has 0 heterocycles. The molecule has 0 saturated heterocycles. The Balaban J connectivity index is 2.45. The zero-order valence-electron chi connectivity index (χ0n) is 10.9. The second-order valence-electron chi connectivity index (χ2n) is 4.51. The van der Waals surface area contributed by atoms with Crippen molar-refractivity contribution in [1.82, 2.24) is 10.2 Å². The predicted molar refractivity (Wildman–Crippen MR) is 67.7 cm³/mol. The van der Waals surface area contributed by atoms with Gasteiger partial charge in [0.15, 0.2) is 0 Å². The van der Waals surface area contributed by atoms with Gasteiger partial charge in [-0.2, -0.15) is 0 Å². The van der Waals surface area contributed by atoms with Gasteiger partial charge in [-0.25, -0.2) is 0 Å². The van der Waals surface area contributed by atoms with E-state index < -0.39 is 0 Å². The molecule has 100 valence electrons. The lowest BCUT2D eigenvalue weighted by molar-refractivity contribution is -0.122. The molecule has 1 saturated carbocycles. The van der Waals surface area contributed by atoms with Gasteiger partial charge in [-0.3, -0.25) is 9.69 Å². The fraction of sp³-hybridized carbons (Fsp3) is 0.917. The largest absolute Gasteiger partial charge is 0.383 e. The van der Waals surface area contributed by atoms with Crippen LogP contribution in [-0.2, 0) is 9.53 Å². The molecule has 0 bridgehead atoms. The number of ether oxygens (including phenoxy) is 1. The second kappa shape index (κ2) is 7.63. The molecule has 0 aromatic carbocycles. The fourth-order valence-electron chi connectivity index (χ4n) is 2.09. The first kappa shape index (κ1) is 14.4. The summed E-state index contributed by atoms with van der Waals surface area (Å²) in [6, 6.07) is 0.748. The number of hydrogen-bond donors (Lipinski definition) is 2. The number of methoxy groups -OCH3 is 1. The van der Waals surface area contributed by atoms with E-state index in [4.69, 9.17) is 10.5 Å². The number of carbonyl (C=O) groups is 1. The van der Waals surface area contributed by atoms with Crippen LogP contribution in [0, 0.1) is 0 Å². The average molecular weight is 243 g/mol. The van der Waals surface area contributed by atoms with Crippen LogP contribution in [0.5, 0.6) is 0 Å². The SMILES string of the molecule is CCNC(=O)CC(CN)N(CCOC)C1CC1. The Hall–Kier alpha value is -0.650. The molecule has 1 rings (SSSR count). The molecule has 1 aliphatic carbocycles. The molecule has 17 heavy (non-hydrogen) atoms. The van der Waals surface area contributed by atoms with Crippen molar-refractivity contribution in [2.24, 2.45) is 5.73 Å². The molecule has 1 aliphatic rings. The van der Waals surface area contributed by atoms with Crippen molar-refractivity contribution in [3.63, 3.8) is 0 Å². The van der Waals surface area contributed by atoms with Crippen LogP contribution in [0.15, 0.2) is 0 Å². The van der Waals surface area contributed by atoms with Gasteiger partial charge in [0.1, 0.15) is 0 Å². The number of nitrogens with zero attached hydrogens (tertiary/aromatic N) is 1. The van der Waals surface area contributed by atoms with Gasteiger partial charge >= 0.3 is 0 Å². The Morgan fingerprint density at radius 3 is 2.76 bits per heavy atom. The Morgan fingerprint density at radius 1 is 1.59 bits per heavy atom. The lowest BCUT2D eigenvalue weighted by atomic mass is 10.1. The van der Waals surface area contributed by atoms with Crippen molar-refractivity contribution >= 4 is 5.91 Å². The van der Waals surface area contributed by atoms with E-state index in [2.05, 4.69) is 10.2 Å². The van der Waals surface area contributed by atoms with Crippen LogP contribution in [-0.4, -0.2) is 56.2 Å². The van der Waals surface area contributed by atoms with Crippen LogP contribution >= 0.6 is 0 Å². The van der Waals surface area contributed by atoms with E-state index in [1.54, 1.807) is 7.11 Å². The van der Waals surface area contributed by atoms with Crippen LogP contribution < -0.4 is 11.1 Å². The highest BCUT2D eigenvalue weighted by atomic mass is 16.5. The molecule has 1 atom stereocenters. The molecule has 1 amide bonds. The molecule has 1 fully saturated rings. The summed E-state index contributed by atoms with van der Waals surface area (Å²) in [7, 11) is 1.70. The monoisotopic (exact) mass is 243 g/mol. The minimum absolute atomic E-state index is 0.0889. The van der Waals surface area contributed by atoms with E-state index >= 15 is 0 Å². The summed E-state index contributed by atoms with van der Waals surface area (Å²) in [5.41, 5.74) is 5.79. The van der Waals surface area contributed by atoms with Crippen molar-refractivity contribution < 1.29 is 9.53 Å². The maximum atomic E-state index is 11.6. The third-order valence-corrected chi connectivity index (χ3v) is 3.11. The van der Waals surface area contributed by atoms with Crippen LogP contribution in [0.25, 0.3) is 0 Å². The van der Waals surface area contributed by atoms with E-state index in [0.29, 0.717) is 32.2 Å². The first-order chi connectivity index (χ1) is 8.22. The summed E-state index contributed by atoms with van der Waals surface area (Å²) in [4.78, 5) is 13.9. The van der Waals surface area contributed by atoms with Gasteiger partial charge < -0.3 is 15.8 Å². The first-order valence-electron chi connectivity index (χ1n) is 6.44. The van der Waals surface area contributed by atoms with Gasteiger partial charge in [-0.05, 0) is 19.8 Å². The van der Waals surface area contributed by atoms with Crippen LogP contribution in [0.1, 0.15) is 26.2 Å². The number of amides is 1. The van der Waals surface area contributed by atoms with E-state index in [-0.39, 0.29) is 11.9 Å². The lowest BCUT2D eigenvalue weighted by Gasteiger charge is -2.30. The molecule has 0 aromatic rings. The fourth-order valence-corrected chi connectivity index (χ4v) is 2.09. The maximum absolute atomic E-state index is 11.6. The summed E-state index contributed by atoms with van der Waals surface area (Å²) >= 11 is 0. The summed E-state index contributed by atoms with van der Waals surface area (Å²) in [5, 5.41) is 2.83. The number of hydrogen-bond acceptors (Lipinski definition) is 4. The quantitative estimate of drug-likeness (QED) is 0.596. The Morgan fingerprint density at radius 2 is 2.29 bits per heavy atom. The second-order valence-corrected chi connectivity index (χ2v) is 4.51. The maximum Gasteiger partial charge on any atom is 0.221 e. The molecule has 5 heteroatoms. The van der Waals surface area contributed by atoms with Gasteiger partial charge in [-0.15, -0.1) is 0 Å². The Bertz CT molecular complexity index is 232. The molecule has 0 aromatic heterocycles. The van der Waals surface area contributed by atoms with E-state index in [9.17, 15) is 4.79 Å². The topological polar surface area (TPSA) is 67.6 Å². The number of rotatable bonds is 9. The summed E-state index contributed by atoms with van der Waals surface area (Å²) < 4.78 is 5.11. The Labute approximate surface area is 104 Å². The smallest absolute Gasteiger partial charge is 0.221 e. The summed E-state index contributed by atoms with van der Waals surface area (Å²) in [6.07, 6.45) is 2.93.